The minimum Gasteiger partial charge on any atom is -0.317 e. The lowest BCUT2D eigenvalue weighted by Crippen LogP contribution is -2.47. The van der Waals surface area contributed by atoms with Crippen LogP contribution in [0.4, 0.5) is 0 Å². The fraction of sp³-hybridized carbons (Fsp3) is 0.667. The standard InChI is InChI=1S/C18H31N3/c1-4-17(19-2)11-8-12-21-14-13-20(3)15-18(21)16-9-6-5-7-10-16/h5-7,9-10,17-19H,4,8,11-15H2,1-3H3. The largest absolute Gasteiger partial charge is 0.317 e. The van der Waals surface area contributed by atoms with Crippen molar-refractivity contribution in [1.29, 1.82) is 0 Å². The van der Waals surface area contributed by atoms with E-state index in [9.17, 15) is 0 Å². The van der Waals surface area contributed by atoms with E-state index in [4.69, 9.17) is 0 Å². The Kier molecular flexibility index (Phi) is 6.68. The first-order valence-corrected chi connectivity index (χ1v) is 8.39. The van der Waals surface area contributed by atoms with Crippen LogP contribution in [0.25, 0.3) is 0 Å². The summed E-state index contributed by atoms with van der Waals surface area (Å²) in [4.78, 5) is 5.13. The second-order valence-corrected chi connectivity index (χ2v) is 6.26. The maximum absolute atomic E-state index is 3.41. The van der Waals surface area contributed by atoms with Crippen molar-refractivity contribution < 1.29 is 0 Å². The Morgan fingerprint density at radius 2 is 2.00 bits per heavy atom. The van der Waals surface area contributed by atoms with Gasteiger partial charge in [0.05, 0.1) is 0 Å². The zero-order valence-electron chi connectivity index (χ0n) is 13.9. The molecule has 118 valence electrons. The number of nitrogens with zero attached hydrogens (tertiary/aromatic N) is 2. The molecule has 2 atom stereocenters. The van der Waals surface area contributed by atoms with Crippen LogP contribution in [-0.4, -0.2) is 56.1 Å². The zero-order valence-corrected chi connectivity index (χ0v) is 13.9. The lowest BCUT2D eigenvalue weighted by Gasteiger charge is -2.40. The van der Waals surface area contributed by atoms with Gasteiger partial charge in [-0.2, -0.15) is 0 Å². The van der Waals surface area contributed by atoms with Crippen LogP contribution in [0.1, 0.15) is 37.8 Å². The second kappa shape index (κ2) is 8.52. The van der Waals surface area contributed by atoms with Gasteiger partial charge in [0.1, 0.15) is 0 Å². The Morgan fingerprint density at radius 3 is 2.67 bits per heavy atom. The van der Waals surface area contributed by atoms with E-state index in [2.05, 4.69) is 66.5 Å². The van der Waals surface area contributed by atoms with E-state index in [1.807, 2.05) is 0 Å². The van der Waals surface area contributed by atoms with E-state index in [1.165, 1.54) is 44.5 Å². The lowest BCUT2D eigenvalue weighted by molar-refractivity contribution is 0.0875. The quantitative estimate of drug-likeness (QED) is 0.833. The van der Waals surface area contributed by atoms with Crippen LogP contribution in [0.15, 0.2) is 30.3 Å². The lowest BCUT2D eigenvalue weighted by atomic mass is 10.0. The number of hydrogen-bond donors (Lipinski definition) is 1. The Morgan fingerprint density at radius 1 is 1.24 bits per heavy atom. The first-order valence-electron chi connectivity index (χ1n) is 8.39. The molecule has 0 aromatic heterocycles. The minimum absolute atomic E-state index is 0.555. The van der Waals surface area contributed by atoms with Gasteiger partial charge in [0.15, 0.2) is 0 Å². The van der Waals surface area contributed by atoms with Gasteiger partial charge in [0.25, 0.3) is 0 Å². The van der Waals surface area contributed by atoms with E-state index < -0.39 is 0 Å². The molecule has 3 nitrogen and oxygen atoms in total. The predicted molar refractivity (Wildman–Crippen MR) is 90.6 cm³/mol. The maximum atomic E-state index is 3.41. The number of benzene rings is 1. The Balaban J connectivity index is 1.92. The molecule has 0 radical (unpaired) electrons. The second-order valence-electron chi connectivity index (χ2n) is 6.26. The molecule has 1 aliphatic rings. The van der Waals surface area contributed by atoms with Crippen LogP contribution in [0.2, 0.25) is 0 Å². The van der Waals surface area contributed by atoms with Crippen molar-refractivity contribution >= 4 is 0 Å². The third-order valence-corrected chi connectivity index (χ3v) is 4.78. The molecule has 0 saturated carbocycles. The van der Waals surface area contributed by atoms with Crippen LogP contribution < -0.4 is 5.32 Å². The number of nitrogens with one attached hydrogen (secondary N) is 1. The first kappa shape index (κ1) is 16.5. The highest BCUT2D eigenvalue weighted by atomic mass is 15.3. The molecule has 0 spiro atoms. The zero-order chi connectivity index (χ0) is 15.1. The van der Waals surface area contributed by atoms with Crippen molar-refractivity contribution in [3.05, 3.63) is 35.9 Å². The Bertz CT molecular complexity index is 389. The molecule has 1 aromatic rings. The van der Waals surface area contributed by atoms with E-state index in [0.29, 0.717) is 12.1 Å². The molecule has 1 fully saturated rings. The third kappa shape index (κ3) is 4.80. The normalized spacial score (nSPS) is 22.3. The van der Waals surface area contributed by atoms with Crippen molar-refractivity contribution in [2.24, 2.45) is 0 Å². The Hall–Kier alpha value is -0.900. The molecule has 21 heavy (non-hydrogen) atoms. The minimum atomic E-state index is 0.555. The SMILES string of the molecule is CCC(CCCN1CCN(C)CC1c1ccccc1)NC. The molecule has 2 unspecified atom stereocenters. The van der Waals surface area contributed by atoms with E-state index in [-0.39, 0.29) is 0 Å². The molecular weight excluding hydrogens is 258 g/mol. The summed E-state index contributed by atoms with van der Waals surface area (Å²) in [6.07, 6.45) is 3.79. The molecule has 0 amide bonds. The summed E-state index contributed by atoms with van der Waals surface area (Å²) in [5, 5.41) is 3.41. The van der Waals surface area contributed by atoms with Crippen LogP contribution in [0.3, 0.4) is 0 Å². The summed E-state index contributed by atoms with van der Waals surface area (Å²) in [6.45, 7) is 7.00. The molecular formula is C18H31N3. The summed E-state index contributed by atoms with van der Waals surface area (Å²) in [5.41, 5.74) is 1.46. The fourth-order valence-corrected chi connectivity index (χ4v) is 3.31. The van der Waals surface area contributed by atoms with E-state index in [0.717, 1.165) is 6.54 Å². The first-order chi connectivity index (χ1) is 10.2. The van der Waals surface area contributed by atoms with Crippen LogP contribution in [-0.2, 0) is 0 Å². The van der Waals surface area contributed by atoms with Crippen LogP contribution in [0.5, 0.6) is 0 Å². The molecule has 0 aliphatic carbocycles. The molecule has 1 heterocycles. The molecule has 1 aromatic carbocycles. The van der Waals surface area contributed by atoms with E-state index >= 15 is 0 Å². The predicted octanol–water partition coefficient (Wildman–Crippen LogP) is 2.75. The molecule has 2 rings (SSSR count). The molecule has 0 bridgehead atoms. The van der Waals surface area contributed by atoms with Gasteiger partial charge in [0.2, 0.25) is 0 Å². The van der Waals surface area contributed by atoms with Gasteiger partial charge in [-0.15, -0.1) is 0 Å². The van der Waals surface area contributed by atoms with Crippen molar-refractivity contribution in [2.45, 2.75) is 38.3 Å². The number of hydrogen-bond acceptors (Lipinski definition) is 3. The monoisotopic (exact) mass is 289 g/mol. The van der Waals surface area contributed by atoms with Gasteiger partial charge in [0, 0.05) is 31.7 Å². The summed E-state index contributed by atoms with van der Waals surface area (Å²) in [7, 11) is 4.32. The maximum Gasteiger partial charge on any atom is 0.0475 e. The average Bonchev–Trinajstić information content (AvgIpc) is 2.53. The topological polar surface area (TPSA) is 18.5 Å². The highest BCUT2D eigenvalue weighted by molar-refractivity contribution is 5.20. The summed E-state index contributed by atoms with van der Waals surface area (Å²) < 4.78 is 0. The summed E-state index contributed by atoms with van der Waals surface area (Å²) >= 11 is 0. The summed E-state index contributed by atoms with van der Waals surface area (Å²) in [6, 6.07) is 12.2. The van der Waals surface area contributed by atoms with Crippen LogP contribution >= 0.6 is 0 Å². The summed E-state index contributed by atoms with van der Waals surface area (Å²) in [5.74, 6) is 0. The van der Waals surface area contributed by atoms with Gasteiger partial charge in [-0.3, -0.25) is 4.90 Å². The van der Waals surface area contributed by atoms with Gasteiger partial charge >= 0.3 is 0 Å². The van der Waals surface area contributed by atoms with E-state index in [1.54, 1.807) is 0 Å². The van der Waals surface area contributed by atoms with Gasteiger partial charge in [-0.1, -0.05) is 37.3 Å². The number of likely N-dealkylation sites (N-methyl/N-ethyl adjacent to an activating group) is 1. The van der Waals surface area contributed by atoms with Crippen molar-refractivity contribution in [3.63, 3.8) is 0 Å². The third-order valence-electron chi connectivity index (χ3n) is 4.78. The smallest absolute Gasteiger partial charge is 0.0475 e. The average molecular weight is 289 g/mol. The molecule has 1 saturated heterocycles. The van der Waals surface area contributed by atoms with Crippen molar-refractivity contribution in [3.8, 4) is 0 Å². The molecule has 3 heteroatoms. The van der Waals surface area contributed by atoms with Crippen LogP contribution in [0, 0.1) is 0 Å². The van der Waals surface area contributed by atoms with Gasteiger partial charge < -0.3 is 10.2 Å². The Labute approximate surface area is 130 Å². The number of piperazine rings is 1. The number of rotatable bonds is 7. The fourth-order valence-electron chi connectivity index (χ4n) is 3.31. The van der Waals surface area contributed by atoms with Gasteiger partial charge in [-0.25, -0.2) is 0 Å². The van der Waals surface area contributed by atoms with Crippen molar-refractivity contribution in [1.82, 2.24) is 15.1 Å². The van der Waals surface area contributed by atoms with Gasteiger partial charge in [-0.05, 0) is 45.5 Å². The molecule has 1 N–H and O–H groups in total. The highest BCUT2D eigenvalue weighted by Gasteiger charge is 2.26. The van der Waals surface area contributed by atoms with Crippen molar-refractivity contribution in [2.75, 3.05) is 40.3 Å². The molecule has 1 aliphatic heterocycles. The highest BCUT2D eigenvalue weighted by Crippen LogP contribution is 2.25.